The Labute approximate surface area is 98.5 Å². The Morgan fingerprint density at radius 3 is 2.62 bits per heavy atom. The maximum absolute atomic E-state index is 10.9. The molecule has 0 spiro atoms. The first-order valence-electron chi connectivity index (χ1n) is 5.78. The molecule has 0 fully saturated rings. The Hall–Kier alpha value is -0.870. The third-order valence-electron chi connectivity index (χ3n) is 2.58. The Balaban J connectivity index is 3.65. The van der Waals surface area contributed by atoms with Gasteiger partial charge in [0.05, 0.1) is 33.3 Å². The van der Waals surface area contributed by atoms with Gasteiger partial charge in [0.2, 0.25) is 5.91 Å². The van der Waals surface area contributed by atoms with E-state index in [4.69, 9.17) is 0 Å². The average molecular weight is 229 g/mol. The Kier molecular flexibility index (Phi) is 7.01. The maximum Gasteiger partial charge on any atom is 0.243 e. The summed E-state index contributed by atoms with van der Waals surface area (Å²) in [5.74, 6) is -0.116. The van der Waals surface area contributed by atoms with E-state index >= 15 is 0 Å². The van der Waals surface area contributed by atoms with E-state index in [-0.39, 0.29) is 12.0 Å². The fraction of sp³-hybridized carbons (Fsp3) is 0.750. The molecule has 4 heteroatoms. The molecule has 1 amide bonds. The van der Waals surface area contributed by atoms with Crippen LogP contribution in [0.5, 0.6) is 0 Å². The van der Waals surface area contributed by atoms with Crippen molar-refractivity contribution in [2.75, 3.05) is 33.7 Å². The molecule has 0 heterocycles. The second-order valence-corrected chi connectivity index (χ2v) is 4.87. The lowest BCUT2D eigenvalue weighted by atomic mass is 10.2. The van der Waals surface area contributed by atoms with Crippen molar-refractivity contribution in [2.45, 2.75) is 25.9 Å². The number of aliphatic hydroxyl groups excluding tert-OH is 1. The molecule has 0 saturated heterocycles. The summed E-state index contributed by atoms with van der Waals surface area (Å²) in [6.45, 7) is 7.83. The number of amides is 1. The molecule has 2 N–H and O–H groups in total. The fourth-order valence-electron chi connectivity index (χ4n) is 1.44. The summed E-state index contributed by atoms with van der Waals surface area (Å²) in [5, 5.41) is 12.0. The van der Waals surface area contributed by atoms with Crippen molar-refractivity contribution in [3.63, 3.8) is 0 Å². The topological polar surface area (TPSA) is 49.3 Å². The third kappa shape index (κ3) is 8.44. The lowest BCUT2D eigenvalue weighted by molar-refractivity contribution is -0.890. The molecule has 0 radical (unpaired) electrons. The predicted octanol–water partition coefficient (Wildman–Crippen LogP) is 0.526. The number of aliphatic hydroxyl groups is 1. The summed E-state index contributed by atoms with van der Waals surface area (Å²) in [7, 11) is 4.27. The molecular weight excluding hydrogens is 204 g/mol. The van der Waals surface area contributed by atoms with E-state index in [0.29, 0.717) is 6.54 Å². The summed E-state index contributed by atoms with van der Waals surface area (Å²) >= 11 is 0. The molecule has 0 rings (SSSR count). The van der Waals surface area contributed by atoms with Gasteiger partial charge in [0, 0.05) is 19.4 Å². The minimum atomic E-state index is -0.238. The standard InChI is InChI=1S/C12H24N2O2/c1-5-12(16)13-8-6-9-14(3,4)10-7-11(2)15/h5,11,15H,1,6-10H2,2-4H3/p+1. The smallest absolute Gasteiger partial charge is 0.243 e. The van der Waals surface area contributed by atoms with Crippen LogP contribution < -0.4 is 5.32 Å². The molecule has 16 heavy (non-hydrogen) atoms. The molecule has 0 bridgehead atoms. The predicted molar refractivity (Wildman–Crippen MR) is 66.0 cm³/mol. The molecule has 0 aliphatic rings. The highest BCUT2D eigenvalue weighted by Gasteiger charge is 2.15. The van der Waals surface area contributed by atoms with Gasteiger partial charge in [-0.05, 0) is 13.0 Å². The first-order valence-corrected chi connectivity index (χ1v) is 5.78. The van der Waals surface area contributed by atoms with Crippen LogP contribution in [-0.4, -0.2) is 55.3 Å². The van der Waals surface area contributed by atoms with Crippen LogP contribution in [0.1, 0.15) is 19.8 Å². The third-order valence-corrected chi connectivity index (χ3v) is 2.58. The lowest BCUT2D eigenvalue weighted by Gasteiger charge is -2.30. The van der Waals surface area contributed by atoms with Gasteiger partial charge in [0.15, 0.2) is 0 Å². The highest BCUT2D eigenvalue weighted by Crippen LogP contribution is 2.03. The molecule has 0 aliphatic carbocycles. The molecule has 0 saturated carbocycles. The van der Waals surface area contributed by atoms with Crippen molar-refractivity contribution < 1.29 is 14.4 Å². The van der Waals surface area contributed by atoms with E-state index in [0.717, 1.165) is 30.4 Å². The zero-order chi connectivity index (χ0) is 12.6. The van der Waals surface area contributed by atoms with Gasteiger partial charge in [-0.25, -0.2) is 0 Å². The highest BCUT2D eigenvalue weighted by molar-refractivity contribution is 5.86. The van der Waals surface area contributed by atoms with Crippen LogP contribution in [0, 0.1) is 0 Å². The largest absolute Gasteiger partial charge is 0.393 e. The van der Waals surface area contributed by atoms with Crippen LogP contribution in [0.2, 0.25) is 0 Å². The van der Waals surface area contributed by atoms with Gasteiger partial charge in [0.25, 0.3) is 0 Å². The van der Waals surface area contributed by atoms with Gasteiger partial charge in [-0.15, -0.1) is 0 Å². The average Bonchev–Trinajstić information content (AvgIpc) is 2.21. The number of carbonyl (C=O) groups excluding carboxylic acids is 1. The summed E-state index contributed by atoms with van der Waals surface area (Å²) in [6, 6.07) is 0. The van der Waals surface area contributed by atoms with Crippen LogP contribution >= 0.6 is 0 Å². The summed E-state index contributed by atoms with van der Waals surface area (Å²) < 4.78 is 0.870. The number of rotatable bonds is 8. The van der Waals surface area contributed by atoms with Gasteiger partial charge in [0.1, 0.15) is 0 Å². The van der Waals surface area contributed by atoms with Crippen molar-refractivity contribution in [2.24, 2.45) is 0 Å². The number of hydrogen-bond acceptors (Lipinski definition) is 2. The van der Waals surface area contributed by atoms with Crippen LogP contribution in [0.25, 0.3) is 0 Å². The first kappa shape index (κ1) is 15.1. The lowest BCUT2D eigenvalue weighted by Crippen LogP contribution is -2.43. The van der Waals surface area contributed by atoms with E-state index in [2.05, 4.69) is 26.0 Å². The van der Waals surface area contributed by atoms with E-state index in [1.807, 2.05) is 6.92 Å². The van der Waals surface area contributed by atoms with Gasteiger partial charge >= 0.3 is 0 Å². The van der Waals surface area contributed by atoms with Crippen LogP contribution in [-0.2, 0) is 4.79 Å². The van der Waals surface area contributed by atoms with Gasteiger partial charge in [-0.1, -0.05) is 6.58 Å². The van der Waals surface area contributed by atoms with Crippen molar-refractivity contribution >= 4 is 5.91 Å². The summed E-state index contributed by atoms with van der Waals surface area (Å²) in [5.41, 5.74) is 0. The normalized spacial score (nSPS) is 13.2. The molecular formula is C12H25N2O2+. The number of carbonyl (C=O) groups is 1. The van der Waals surface area contributed by atoms with Crippen LogP contribution in [0.4, 0.5) is 0 Å². The molecule has 1 unspecified atom stereocenters. The summed E-state index contributed by atoms with van der Waals surface area (Å²) in [4.78, 5) is 10.9. The second-order valence-electron chi connectivity index (χ2n) is 4.87. The van der Waals surface area contributed by atoms with Crippen LogP contribution in [0.15, 0.2) is 12.7 Å². The van der Waals surface area contributed by atoms with E-state index < -0.39 is 0 Å². The zero-order valence-electron chi connectivity index (χ0n) is 10.7. The Bertz CT molecular complexity index is 225. The van der Waals surface area contributed by atoms with Gasteiger partial charge in [-0.3, -0.25) is 4.79 Å². The monoisotopic (exact) mass is 229 g/mol. The quantitative estimate of drug-likeness (QED) is 0.362. The molecule has 94 valence electrons. The number of nitrogens with one attached hydrogen (secondary N) is 1. The molecule has 4 nitrogen and oxygen atoms in total. The molecule has 0 aromatic heterocycles. The van der Waals surface area contributed by atoms with Gasteiger partial charge in [-0.2, -0.15) is 0 Å². The van der Waals surface area contributed by atoms with E-state index in [9.17, 15) is 9.90 Å². The fourth-order valence-corrected chi connectivity index (χ4v) is 1.44. The number of hydrogen-bond donors (Lipinski definition) is 2. The van der Waals surface area contributed by atoms with E-state index in [1.54, 1.807) is 0 Å². The van der Waals surface area contributed by atoms with Crippen molar-refractivity contribution in [3.8, 4) is 0 Å². The molecule has 0 aromatic carbocycles. The SMILES string of the molecule is C=CC(=O)NCCC[N+](C)(C)CCC(C)O. The molecule has 0 aliphatic heterocycles. The van der Waals surface area contributed by atoms with Crippen molar-refractivity contribution in [1.82, 2.24) is 5.32 Å². The first-order chi connectivity index (χ1) is 7.37. The number of nitrogens with zero attached hydrogens (tertiary/aromatic N) is 1. The number of quaternary nitrogens is 1. The Morgan fingerprint density at radius 2 is 2.12 bits per heavy atom. The molecule has 1 atom stereocenters. The highest BCUT2D eigenvalue weighted by atomic mass is 16.3. The summed E-state index contributed by atoms with van der Waals surface area (Å²) in [6.07, 6.45) is 2.80. The van der Waals surface area contributed by atoms with Crippen molar-refractivity contribution in [1.29, 1.82) is 0 Å². The van der Waals surface area contributed by atoms with Gasteiger partial charge < -0.3 is 14.9 Å². The minimum absolute atomic E-state index is 0.116. The van der Waals surface area contributed by atoms with Crippen molar-refractivity contribution in [3.05, 3.63) is 12.7 Å². The minimum Gasteiger partial charge on any atom is -0.393 e. The zero-order valence-corrected chi connectivity index (χ0v) is 10.7. The van der Waals surface area contributed by atoms with E-state index in [1.165, 1.54) is 6.08 Å². The van der Waals surface area contributed by atoms with Crippen LogP contribution in [0.3, 0.4) is 0 Å². The second kappa shape index (κ2) is 7.41. The molecule has 0 aromatic rings. The maximum atomic E-state index is 10.9. The Morgan fingerprint density at radius 1 is 1.50 bits per heavy atom.